The Morgan fingerprint density at radius 3 is 2.42 bits per heavy atom. The molecule has 0 bridgehead atoms. The number of fused-ring (bicyclic) bond motifs is 1. The minimum absolute atomic E-state index is 0. The van der Waals surface area contributed by atoms with E-state index in [-0.39, 0.29) is 43.2 Å². The molecule has 2 aromatic carbocycles. The van der Waals surface area contributed by atoms with E-state index in [2.05, 4.69) is 0 Å². The van der Waals surface area contributed by atoms with Crippen LogP contribution < -0.4 is 10.5 Å². The SMILES string of the molecule is CCOC(=O)CN(C(=O)Oc1ccc2c(c1)c(C(=O)CCc1ccc(C(=N)N)cc1)cn2C)C1CCCCC1.Cl. The van der Waals surface area contributed by atoms with E-state index in [1.807, 2.05) is 29.8 Å². The Balaban J connectivity index is 0.00000441. The van der Waals surface area contributed by atoms with Gasteiger partial charge >= 0.3 is 12.1 Å². The van der Waals surface area contributed by atoms with Crippen LogP contribution in [0, 0.1) is 5.41 Å². The number of nitrogens with two attached hydrogens (primary N) is 1. The molecule has 1 amide bonds. The first kappa shape index (κ1) is 30.7. The van der Waals surface area contributed by atoms with Crippen molar-refractivity contribution in [1.82, 2.24) is 9.47 Å². The summed E-state index contributed by atoms with van der Waals surface area (Å²) in [7, 11) is 1.87. The van der Waals surface area contributed by atoms with Crippen molar-refractivity contribution in [2.75, 3.05) is 13.2 Å². The van der Waals surface area contributed by atoms with Crippen LogP contribution in [0.5, 0.6) is 5.75 Å². The number of halogens is 1. The normalized spacial score (nSPS) is 13.3. The average molecular weight is 569 g/mol. The van der Waals surface area contributed by atoms with Crippen LogP contribution in [0.25, 0.3) is 10.9 Å². The summed E-state index contributed by atoms with van der Waals surface area (Å²) in [6.45, 7) is 1.83. The maximum absolute atomic E-state index is 13.2. The van der Waals surface area contributed by atoms with Crippen LogP contribution in [0.4, 0.5) is 4.79 Å². The number of nitrogen functional groups attached to an aromatic ring is 1. The summed E-state index contributed by atoms with van der Waals surface area (Å²) < 4.78 is 12.7. The number of carbonyl (C=O) groups excluding carboxylic acids is 3. The molecule has 3 aromatic rings. The first-order valence-electron chi connectivity index (χ1n) is 13.5. The number of nitrogens with zero attached hydrogens (tertiary/aromatic N) is 2. The molecule has 10 heteroatoms. The Hall–Kier alpha value is -3.85. The van der Waals surface area contributed by atoms with Crippen molar-refractivity contribution in [1.29, 1.82) is 5.41 Å². The summed E-state index contributed by atoms with van der Waals surface area (Å²) >= 11 is 0. The maximum atomic E-state index is 13.2. The number of amides is 1. The van der Waals surface area contributed by atoms with E-state index in [1.54, 1.807) is 37.4 Å². The van der Waals surface area contributed by atoms with E-state index in [9.17, 15) is 14.4 Å². The lowest BCUT2D eigenvalue weighted by Gasteiger charge is -2.32. The summed E-state index contributed by atoms with van der Waals surface area (Å²) in [5.74, 6) is -0.155. The predicted octanol–water partition coefficient (Wildman–Crippen LogP) is 5.40. The number of benzene rings is 2. The van der Waals surface area contributed by atoms with Gasteiger partial charge in [0.05, 0.1) is 6.61 Å². The van der Waals surface area contributed by atoms with Gasteiger partial charge in [0, 0.05) is 47.7 Å². The van der Waals surface area contributed by atoms with Crippen LogP contribution in [0.3, 0.4) is 0 Å². The number of ketones is 1. The second kappa shape index (κ2) is 14.0. The number of aromatic nitrogens is 1. The molecule has 1 aliphatic carbocycles. The number of hydrogen-bond donors (Lipinski definition) is 2. The number of aryl methyl sites for hydroxylation is 2. The van der Waals surface area contributed by atoms with Crippen molar-refractivity contribution in [3.63, 3.8) is 0 Å². The molecule has 0 aliphatic heterocycles. The van der Waals surface area contributed by atoms with Crippen LogP contribution in [0.2, 0.25) is 0 Å². The second-order valence-corrected chi connectivity index (χ2v) is 9.96. The number of carbonyl (C=O) groups is 3. The topological polar surface area (TPSA) is 128 Å². The van der Waals surface area contributed by atoms with Gasteiger partial charge in [-0.3, -0.25) is 19.9 Å². The predicted molar refractivity (Wildman–Crippen MR) is 157 cm³/mol. The third kappa shape index (κ3) is 7.41. The highest BCUT2D eigenvalue weighted by Gasteiger charge is 2.29. The summed E-state index contributed by atoms with van der Waals surface area (Å²) in [6.07, 6.45) is 6.82. The van der Waals surface area contributed by atoms with E-state index in [1.165, 1.54) is 4.90 Å². The standard InChI is InChI=1S/C30H36N4O5.ClH/c1-3-38-28(36)19-34(22-7-5-4-6-8-22)30(37)39-23-14-15-26-24(17-23)25(18-33(26)2)27(35)16-11-20-9-12-21(13-10-20)29(31)32;/h9-10,12-15,17-18,22H,3-8,11,16,19H2,1-2H3,(H3,31,32);1H. The van der Waals surface area contributed by atoms with Crippen LogP contribution in [0.1, 0.15) is 66.9 Å². The van der Waals surface area contributed by atoms with Gasteiger partial charge in [0.15, 0.2) is 5.78 Å². The van der Waals surface area contributed by atoms with Crippen LogP contribution in [-0.4, -0.2) is 52.3 Å². The van der Waals surface area contributed by atoms with Gasteiger partial charge in [0.1, 0.15) is 18.1 Å². The third-order valence-corrected chi connectivity index (χ3v) is 7.23. The number of ether oxygens (including phenoxy) is 2. The van der Waals surface area contributed by atoms with Gasteiger partial charge in [-0.15, -0.1) is 12.4 Å². The molecule has 1 aromatic heterocycles. The van der Waals surface area contributed by atoms with Crippen molar-refractivity contribution in [2.45, 2.75) is 57.9 Å². The molecule has 1 heterocycles. The van der Waals surface area contributed by atoms with Gasteiger partial charge in [0.2, 0.25) is 0 Å². The monoisotopic (exact) mass is 568 g/mol. The van der Waals surface area contributed by atoms with Crippen molar-refractivity contribution in [3.8, 4) is 5.75 Å². The molecule has 40 heavy (non-hydrogen) atoms. The molecule has 0 atom stereocenters. The van der Waals surface area contributed by atoms with E-state index in [0.717, 1.165) is 43.2 Å². The van der Waals surface area contributed by atoms with E-state index in [4.69, 9.17) is 20.6 Å². The highest BCUT2D eigenvalue weighted by atomic mass is 35.5. The van der Waals surface area contributed by atoms with Gasteiger partial charge in [-0.2, -0.15) is 0 Å². The zero-order chi connectivity index (χ0) is 27.9. The lowest BCUT2D eigenvalue weighted by atomic mass is 9.94. The van der Waals surface area contributed by atoms with E-state index in [0.29, 0.717) is 35.1 Å². The van der Waals surface area contributed by atoms with Gasteiger partial charge in [0.25, 0.3) is 0 Å². The first-order valence-corrected chi connectivity index (χ1v) is 13.5. The lowest BCUT2D eigenvalue weighted by molar-refractivity contribution is -0.144. The summed E-state index contributed by atoms with van der Waals surface area (Å²) in [5, 5.41) is 8.22. The fourth-order valence-electron chi connectivity index (χ4n) is 5.14. The molecule has 3 N–H and O–H groups in total. The number of nitrogens with one attached hydrogen (secondary N) is 1. The van der Waals surface area contributed by atoms with Crippen molar-refractivity contribution in [3.05, 3.63) is 65.4 Å². The Morgan fingerprint density at radius 2 is 1.77 bits per heavy atom. The van der Waals surface area contributed by atoms with Crippen molar-refractivity contribution in [2.24, 2.45) is 12.8 Å². The van der Waals surface area contributed by atoms with Gasteiger partial charge in [-0.25, -0.2) is 4.79 Å². The molecule has 0 radical (unpaired) electrons. The highest BCUT2D eigenvalue weighted by molar-refractivity contribution is 6.08. The fraction of sp³-hybridized carbons (Fsp3) is 0.400. The van der Waals surface area contributed by atoms with Gasteiger partial charge < -0.3 is 19.8 Å². The smallest absolute Gasteiger partial charge is 0.416 e. The minimum atomic E-state index is -0.591. The molecule has 1 aliphatic rings. The zero-order valence-corrected chi connectivity index (χ0v) is 23.8. The van der Waals surface area contributed by atoms with Gasteiger partial charge in [-0.05, 0) is 49.9 Å². The average Bonchev–Trinajstić information content (AvgIpc) is 3.26. The van der Waals surface area contributed by atoms with Crippen LogP contribution in [0.15, 0.2) is 48.7 Å². The molecular weight excluding hydrogens is 532 g/mol. The highest BCUT2D eigenvalue weighted by Crippen LogP contribution is 2.28. The van der Waals surface area contributed by atoms with Crippen LogP contribution >= 0.6 is 12.4 Å². The summed E-state index contributed by atoms with van der Waals surface area (Å²) in [5.41, 5.74) is 8.55. The number of esters is 1. The number of hydrogen-bond acceptors (Lipinski definition) is 6. The minimum Gasteiger partial charge on any atom is -0.465 e. The number of Topliss-reactive ketones (excluding diaryl/α,β-unsaturated/α-hetero) is 1. The molecule has 1 fully saturated rings. The number of rotatable bonds is 10. The Morgan fingerprint density at radius 1 is 1.07 bits per heavy atom. The maximum Gasteiger partial charge on any atom is 0.416 e. The van der Waals surface area contributed by atoms with Crippen molar-refractivity contribution < 1.29 is 23.9 Å². The first-order chi connectivity index (χ1) is 18.8. The largest absolute Gasteiger partial charge is 0.465 e. The molecule has 0 saturated heterocycles. The van der Waals surface area contributed by atoms with E-state index >= 15 is 0 Å². The Kier molecular flexibility index (Phi) is 10.7. The Labute approximate surface area is 240 Å². The van der Waals surface area contributed by atoms with Crippen LogP contribution in [-0.2, 0) is 23.0 Å². The summed E-state index contributed by atoms with van der Waals surface area (Å²) in [4.78, 5) is 40.2. The quantitative estimate of drug-likeness (QED) is 0.146. The van der Waals surface area contributed by atoms with E-state index < -0.39 is 12.1 Å². The van der Waals surface area contributed by atoms with Crippen molar-refractivity contribution >= 4 is 47.0 Å². The molecule has 9 nitrogen and oxygen atoms in total. The molecule has 214 valence electrons. The number of amidine groups is 1. The molecule has 4 rings (SSSR count). The summed E-state index contributed by atoms with van der Waals surface area (Å²) in [6, 6.07) is 12.5. The molecule has 0 spiro atoms. The Bertz CT molecular complexity index is 1360. The molecular formula is C30H37ClN4O5. The molecule has 0 unspecified atom stereocenters. The molecule has 1 saturated carbocycles. The third-order valence-electron chi connectivity index (χ3n) is 7.23. The van der Waals surface area contributed by atoms with Gasteiger partial charge in [-0.1, -0.05) is 43.5 Å². The fourth-order valence-corrected chi connectivity index (χ4v) is 5.14. The lowest BCUT2D eigenvalue weighted by Crippen LogP contribution is -2.46. The second-order valence-electron chi connectivity index (χ2n) is 9.96. The zero-order valence-electron chi connectivity index (χ0n) is 23.0.